The molecule has 2 aliphatic rings. The van der Waals surface area contributed by atoms with Gasteiger partial charge in [0, 0.05) is 7.11 Å². The maximum absolute atomic E-state index is 12.9. The summed E-state index contributed by atoms with van der Waals surface area (Å²) >= 11 is 0. The van der Waals surface area contributed by atoms with Crippen LogP contribution in [0.5, 0.6) is 0 Å². The molecule has 2 fully saturated rings. The van der Waals surface area contributed by atoms with E-state index in [1.807, 2.05) is 0 Å². The standard InChI is InChI=1S/C16H31O12PS/c1-9(2)26-29(17,27-10(3)4)22-8-11-12(28-30(18,19)20)13-14(15(21-7)23-11)25-16(5,6)24-13/h9-15H,8H2,1-7H3,(H,18,19,20)/t11-,12-,13+,14+,15+/m1/s1. The molecule has 1 N–H and O–H groups in total. The first-order valence-electron chi connectivity index (χ1n) is 9.45. The fourth-order valence-electron chi connectivity index (χ4n) is 3.17. The number of hydrogen-bond donors (Lipinski definition) is 1. The Morgan fingerprint density at radius 3 is 2.10 bits per heavy atom. The molecule has 0 aromatic carbocycles. The van der Waals surface area contributed by atoms with Crippen LogP contribution in [0.3, 0.4) is 0 Å². The number of rotatable bonds is 10. The molecule has 14 heteroatoms. The summed E-state index contributed by atoms with van der Waals surface area (Å²) in [7, 11) is -7.54. The van der Waals surface area contributed by atoms with Crippen LogP contribution < -0.4 is 4.89 Å². The molecule has 0 aromatic rings. The normalized spacial score (nSPS) is 32.0. The van der Waals surface area contributed by atoms with Crippen LogP contribution in [0.1, 0.15) is 41.5 Å². The minimum Gasteiger partial charge on any atom is -0.606 e. The van der Waals surface area contributed by atoms with E-state index in [-0.39, 0.29) is 0 Å². The summed E-state index contributed by atoms with van der Waals surface area (Å²) in [5, 5.41) is 0. The first-order chi connectivity index (χ1) is 13.6. The van der Waals surface area contributed by atoms with Crippen molar-refractivity contribution in [1.29, 1.82) is 0 Å². The maximum Gasteiger partial charge on any atom is 0.397 e. The van der Waals surface area contributed by atoms with Gasteiger partial charge in [0.25, 0.3) is 0 Å². The van der Waals surface area contributed by atoms with Crippen LogP contribution in [-0.2, 0) is 47.1 Å². The summed E-state index contributed by atoms with van der Waals surface area (Å²) < 4.78 is 75.5. The van der Waals surface area contributed by atoms with Crippen LogP contribution in [0.25, 0.3) is 0 Å². The molecule has 0 bridgehead atoms. The molecule has 0 aliphatic carbocycles. The third-order valence-corrected chi connectivity index (χ3v) is 6.26. The number of methoxy groups -OCH3 is 1. The molecule has 0 saturated carbocycles. The quantitative estimate of drug-likeness (QED) is 0.352. The second-order valence-corrected chi connectivity index (χ2v) is 10.5. The lowest BCUT2D eigenvalue weighted by Crippen LogP contribution is -2.59. The predicted octanol–water partition coefficient (Wildman–Crippen LogP) is 0.970. The minimum absolute atomic E-state index is 0.468. The van der Waals surface area contributed by atoms with Gasteiger partial charge in [-0.1, -0.05) is 0 Å². The Kier molecular flexibility index (Phi) is 8.62. The van der Waals surface area contributed by atoms with Gasteiger partial charge in [-0.2, -0.15) is 22.0 Å². The molecule has 12 nitrogen and oxygen atoms in total. The monoisotopic (exact) mass is 478 g/mol. The van der Waals surface area contributed by atoms with Gasteiger partial charge in [0.05, 0.1) is 0 Å². The van der Waals surface area contributed by atoms with Crippen molar-refractivity contribution < 1.29 is 54.6 Å². The number of phosphoric acid groups is 1. The van der Waals surface area contributed by atoms with Gasteiger partial charge in [0.1, 0.15) is 43.2 Å². The Bertz CT molecular complexity index is 659. The zero-order valence-corrected chi connectivity index (χ0v) is 19.8. The predicted molar refractivity (Wildman–Crippen MR) is 101 cm³/mol. The van der Waals surface area contributed by atoms with Crippen molar-refractivity contribution in [3.8, 4) is 0 Å². The third-order valence-electron chi connectivity index (χ3n) is 3.97. The summed E-state index contributed by atoms with van der Waals surface area (Å²) in [5.41, 5.74) is 0. The van der Waals surface area contributed by atoms with Crippen LogP contribution in [0.2, 0.25) is 0 Å². The number of phosphoric ester groups is 1. The van der Waals surface area contributed by atoms with E-state index in [1.165, 1.54) is 7.11 Å². The molecule has 2 rings (SSSR count). The lowest BCUT2D eigenvalue weighted by molar-refractivity contribution is -0.281. The number of ether oxygens (including phenoxy) is 4. The Balaban J connectivity index is 2.26. The Morgan fingerprint density at radius 1 is 1.10 bits per heavy atom. The molecular formula is C16H31O12PS. The molecule has 0 unspecified atom stereocenters. The number of fused-ring (bicyclic) bond motifs is 1. The van der Waals surface area contributed by atoms with Gasteiger partial charge in [0.2, 0.25) is 0 Å². The Hall–Kier alpha value is -0.0200. The highest BCUT2D eigenvalue weighted by Crippen LogP contribution is 2.56. The maximum atomic E-state index is 12.9. The average Bonchev–Trinajstić information content (AvgIpc) is 2.86. The topological polar surface area (TPSA) is 151 Å². The third kappa shape index (κ3) is 7.26. The van der Waals surface area contributed by atoms with E-state index >= 15 is 0 Å². The van der Waals surface area contributed by atoms with Gasteiger partial charge < -0.3 is 23.8 Å². The Labute approximate surface area is 177 Å². The van der Waals surface area contributed by atoms with Crippen molar-refractivity contribution >= 4 is 18.6 Å². The second-order valence-electron chi connectivity index (χ2n) is 7.88. The molecule has 178 valence electrons. The molecule has 0 amide bonds. The smallest absolute Gasteiger partial charge is 0.397 e. The van der Waals surface area contributed by atoms with E-state index in [2.05, 4.69) is 0 Å². The molecule has 0 radical (unpaired) electrons. The van der Waals surface area contributed by atoms with Crippen LogP contribution in [0.15, 0.2) is 0 Å². The highest BCUT2D eigenvalue weighted by atomic mass is 32.3. The second kappa shape index (κ2) is 9.86. The van der Waals surface area contributed by atoms with Gasteiger partial charge in [-0.15, -0.1) is 0 Å². The van der Waals surface area contributed by atoms with E-state index in [1.54, 1.807) is 41.5 Å². The largest absolute Gasteiger partial charge is 0.606 e. The van der Waals surface area contributed by atoms with Gasteiger partial charge >= 0.3 is 18.6 Å². The van der Waals surface area contributed by atoms with Crippen molar-refractivity contribution in [2.24, 2.45) is 0 Å². The molecular weight excluding hydrogens is 447 g/mol. The molecule has 0 spiro atoms. The van der Waals surface area contributed by atoms with E-state index in [0.717, 1.165) is 0 Å². The molecule has 5 atom stereocenters. The molecule has 30 heavy (non-hydrogen) atoms. The molecule has 2 saturated heterocycles. The van der Waals surface area contributed by atoms with Crippen LogP contribution in [0, 0.1) is 0 Å². The van der Waals surface area contributed by atoms with Crippen molar-refractivity contribution in [2.75, 3.05) is 13.7 Å². The highest BCUT2D eigenvalue weighted by Gasteiger charge is 2.58. The lowest BCUT2D eigenvalue weighted by atomic mass is 9.99. The molecule has 2 aliphatic heterocycles. The van der Waals surface area contributed by atoms with E-state index in [0.29, 0.717) is 0 Å². The summed E-state index contributed by atoms with van der Waals surface area (Å²) in [6.07, 6.45) is -6.34. The van der Waals surface area contributed by atoms with Gasteiger partial charge in [0.15, 0.2) is 12.1 Å². The zero-order valence-electron chi connectivity index (χ0n) is 18.0. The van der Waals surface area contributed by atoms with Gasteiger partial charge in [-0.05, 0) is 41.5 Å². The fourth-order valence-corrected chi connectivity index (χ4v) is 5.22. The zero-order chi connectivity index (χ0) is 22.9. The van der Waals surface area contributed by atoms with Crippen LogP contribution in [-0.4, -0.2) is 75.4 Å². The number of hydrogen-bond acceptors (Lipinski definition) is 11. The van der Waals surface area contributed by atoms with Gasteiger partial charge in [-0.25, -0.2) is 4.18 Å². The van der Waals surface area contributed by atoms with Crippen molar-refractivity contribution in [2.45, 2.75) is 90.2 Å². The SMILES string of the molecule is CO[C@H]1O[C@H](CO[P+]([O-])(OC(C)C)OC(C)C)[C@@H](OS(=O)(=O)O)[C@@H]2OC(C)(C)O[C@H]12. The van der Waals surface area contributed by atoms with E-state index in [4.69, 9.17) is 36.7 Å². The van der Waals surface area contributed by atoms with Crippen molar-refractivity contribution in [3.63, 3.8) is 0 Å². The first kappa shape index (κ1) is 26.2. The summed E-state index contributed by atoms with van der Waals surface area (Å²) in [4.78, 5) is 12.9. The lowest BCUT2D eigenvalue weighted by Gasteiger charge is -2.40. The molecule has 0 aromatic heterocycles. The first-order valence-corrected chi connectivity index (χ1v) is 12.3. The minimum atomic E-state index is -4.89. The van der Waals surface area contributed by atoms with E-state index < -0.39 is 73.9 Å². The van der Waals surface area contributed by atoms with Crippen molar-refractivity contribution in [3.05, 3.63) is 0 Å². The molecule has 2 heterocycles. The van der Waals surface area contributed by atoms with Crippen LogP contribution in [0.4, 0.5) is 0 Å². The van der Waals surface area contributed by atoms with Crippen molar-refractivity contribution in [1.82, 2.24) is 0 Å². The average molecular weight is 478 g/mol. The highest BCUT2D eigenvalue weighted by molar-refractivity contribution is 7.80. The van der Waals surface area contributed by atoms with Crippen LogP contribution >= 0.6 is 8.17 Å². The van der Waals surface area contributed by atoms with E-state index in [9.17, 15) is 17.9 Å². The summed E-state index contributed by atoms with van der Waals surface area (Å²) in [5.74, 6) is -1.09. The fraction of sp³-hybridized carbons (Fsp3) is 1.00. The van der Waals surface area contributed by atoms with Gasteiger partial charge in [-0.3, -0.25) is 4.55 Å². The summed E-state index contributed by atoms with van der Waals surface area (Å²) in [6.45, 7) is 9.38. The Morgan fingerprint density at radius 2 is 1.63 bits per heavy atom. The summed E-state index contributed by atoms with van der Waals surface area (Å²) in [6, 6.07) is 0.